The first-order chi connectivity index (χ1) is 14.0. The average Bonchev–Trinajstić information content (AvgIpc) is 3.16. The van der Waals surface area contributed by atoms with Crippen LogP contribution in [0.4, 0.5) is 4.39 Å². The number of hydrogen-bond acceptors (Lipinski definition) is 4. The van der Waals surface area contributed by atoms with Gasteiger partial charge in [0.05, 0.1) is 18.8 Å². The number of halogens is 2. The van der Waals surface area contributed by atoms with Crippen LogP contribution >= 0.6 is 11.6 Å². The summed E-state index contributed by atoms with van der Waals surface area (Å²) in [6.45, 7) is 0.688. The fourth-order valence-electron chi connectivity index (χ4n) is 3.22. The maximum absolute atomic E-state index is 13.2. The van der Waals surface area contributed by atoms with Crippen LogP contribution in [0.1, 0.15) is 21.6 Å². The van der Waals surface area contributed by atoms with Crippen molar-refractivity contribution in [1.29, 1.82) is 0 Å². The predicted molar refractivity (Wildman–Crippen MR) is 105 cm³/mol. The average molecular weight is 414 g/mol. The third kappa shape index (κ3) is 4.14. The van der Waals surface area contributed by atoms with E-state index in [2.05, 4.69) is 10.5 Å². The monoisotopic (exact) mass is 413 g/mol. The van der Waals surface area contributed by atoms with Crippen molar-refractivity contribution in [2.75, 3.05) is 13.1 Å². The van der Waals surface area contributed by atoms with Gasteiger partial charge in [0, 0.05) is 34.7 Å². The zero-order chi connectivity index (χ0) is 20.4. The number of nitrogens with zero attached hydrogens (tertiary/aromatic N) is 2. The summed E-state index contributed by atoms with van der Waals surface area (Å²) < 4.78 is 18.6. The quantitative estimate of drug-likeness (QED) is 0.710. The summed E-state index contributed by atoms with van der Waals surface area (Å²) in [5.74, 6) is -0.355. The molecule has 2 aromatic carbocycles. The highest BCUT2D eigenvalue weighted by atomic mass is 35.5. The molecule has 4 rings (SSSR count). The zero-order valence-corrected chi connectivity index (χ0v) is 16.1. The van der Waals surface area contributed by atoms with Gasteiger partial charge in [0.2, 0.25) is 5.91 Å². The Hall–Kier alpha value is -3.19. The summed E-state index contributed by atoms with van der Waals surface area (Å²) in [7, 11) is 0. The summed E-state index contributed by atoms with van der Waals surface area (Å²) in [6, 6.07) is 12.4. The molecule has 3 aromatic rings. The molecule has 0 spiro atoms. The fourth-order valence-corrected chi connectivity index (χ4v) is 3.35. The molecule has 1 N–H and O–H groups in total. The second-order valence-corrected chi connectivity index (χ2v) is 7.14. The largest absolute Gasteiger partial charge is 0.356 e. The molecular formula is C21H17ClFN3O3. The molecule has 0 saturated heterocycles. The summed E-state index contributed by atoms with van der Waals surface area (Å²) in [5.41, 5.74) is 2.73. The van der Waals surface area contributed by atoms with Crippen LogP contribution in [-0.2, 0) is 17.8 Å². The molecule has 1 aliphatic rings. The lowest BCUT2D eigenvalue weighted by molar-refractivity contribution is -0.131. The molecule has 148 valence electrons. The van der Waals surface area contributed by atoms with Crippen molar-refractivity contribution >= 4 is 23.4 Å². The van der Waals surface area contributed by atoms with Crippen molar-refractivity contribution in [2.45, 2.75) is 13.0 Å². The van der Waals surface area contributed by atoms with Crippen molar-refractivity contribution in [2.24, 2.45) is 0 Å². The first-order valence-corrected chi connectivity index (χ1v) is 9.44. The van der Waals surface area contributed by atoms with E-state index < -0.39 is 0 Å². The van der Waals surface area contributed by atoms with Crippen LogP contribution in [0.3, 0.4) is 0 Å². The second kappa shape index (κ2) is 8.05. The number of carbonyl (C=O) groups is 2. The van der Waals surface area contributed by atoms with E-state index in [1.807, 2.05) is 0 Å². The predicted octanol–water partition coefficient (Wildman–Crippen LogP) is 3.45. The van der Waals surface area contributed by atoms with Gasteiger partial charge in [-0.1, -0.05) is 16.8 Å². The van der Waals surface area contributed by atoms with Gasteiger partial charge in [0.25, 0.3) is 5.91 Å². The van der Waals surface area contributed by atoms with Gasteiger partial charge in [-0.3, -0.25) is 9.59 Å². The van der Waals surface area contributed by atoms with Crippen LogP contribution in [-0.4, -0.2) is 35.0 Å². The Kier molecular flexibility index (Phi) is 5.31. The standard InChI is InChI=1S/C21H17ClFN3O3/c22-15-5-1-14(2-6-15)21(28)24-11-19(27)26-10-9-18-17(12-26)20(29-25-18)13-3-7-16(23)8-4-13/h1-8H,9-12H2,(H,24,28). The van der Waals surface area contributed by atoms with Crippen molar-refractivity contribution < 1.29 is 18.5 Å². The molecule has 0 bridgehead atoms. The molecule has 2 heterocycles. The van der Waals surface area contributed by atoms with E-state index in [1.165, 1.54) is 12.1 Å². The van der Waals surface area contributed by atoms with Gasteiger partial charge in [0.1, 0.15) is 5.82 Å². The van der Waals surface area contributed by atoms with Crippen molar-refractivity contribution in [3.8, 4) is 11.3 Å². The molecule has 1 aromatic heterocycles. The van der Waals surface area contributed by atoms with Gasteiger partial charge >= 0.3 is 0 Å². The number of rotatable bonds is 4. The van der Waals surface area contributed by atoms with Crippen molar-refractivity contribution in [1.82, 2.24) is 15.4 Å². The van der Waals surface area contributed by atoms with Gasteiger partial charge in [-0.15, -0.1) is 0 Å². The Balaban J connectivity index is 1.42. The van der Waals surface area contributed by atoms with E-state index in [1.54, 1.807) is 41.3 Å². The lowest BCUT2D eigenvalue weighted by atomic mass is 10.0. The highest BCUT2D eigenvalue weighted by Gasteiger charge is 2.27. The topological polar surface area (TPSA) is 75.4 Å². The summed E-state index contributed by atoms with van der Waals surface area (Å²) in [5, 5.41) is 7.25. The molecular weight excluding hydrogens is 397 g/mol. The van der Waals surface area contributed by atoms with E-state index >= 15 is 0 Å². The number of amides is 2. The Morgan fingerprint density at radius 2 is 1.86 bits per heavy atom. The fraction of sp³-hybridized carbons (Fsp3) is 0.190. The minimum atomic E-state index is -0.343. The van der Waals surface area contributed by atoms with Gasteiger partial charge in [-0.2, -0.15) is 0 Å². The second-order valence-electron chi connectivity index (χ2n) is 6.70. The van der Waals surface area contributed by atoms with Gasteiger partial charge in [-0.25, -0.2) is 4.39 Å². The normalized spacial score (nSPS) is 13.1. The molecule has 2 amide bonds. The Morgan fingerprint density at radius 1 is 1.14 bits per heavy atom. The smallest absolute Gasteiger partial charge is 0.251 e. The van der Waals surface area contributed by atoms with Gasteiger partial charge in [0.15, 0.2) is 5.76 Å². The van der Waals surface area contributed by atoms with Crippen LogP contribution in [0, 0.1) is 5.82 Å². The highest BCUT2D eigenvalue weighted by Crippen LogP contribution is 2.30. The molecule has 0 saturated carbocycles. The maximum atomic E-state index is 13.2. The summed E-state index contributed by atoms with van der Waals surface area (Å²) in [4.78, 5) is 26.4. The Labute approximate surface area is 171 Å². The van der Waals surface area contributed by atoms with E-state index in [0.29, 0.717) is 41.4 Å². The molecule has 0 unspecified atom stereocenters. The van der Waals surface area contributed by atoms with E-state index in [-0.39, 0.29) is 24.2 Å². The number of fused-ring (bicyclic) bond motifs is 1. The zero-order valence-electron chi connectivity index (χ0n) is 15.3. The van der Waals surface area contributed by atoms with Gasteiger partial charge in [-0.05, 0) is 48.5 Å². The molecule has 0 atom stereocenters. The molecule has 1 aliphatic heterocycles. The number of aromatic nitrogens is 1. The van der Waals surface area contributed by atoms with Crippen LogP contribution in [0.15, 0.2) is 53.1 Å². The number of benzene rings is 2. The maximum Gasteiger partial charge on any atom is 0.251 e. The van der Waals surface area contributed by atoms with E-state index in [9.17, 15) is 14.0 Å². The molecule has 29 heavy (non-hydrogen) atoms. The minimum Gasteiger partial charge on any atom is -0.356 e. The summed E-state index contributed by atoms with van der Waals surface area (Å²) in [6.07, 6.45) is 0.552. The van der Waals surface area contributed by atoms with Crippen LogP contribution in [0.2, 0.25) is 5.02 Å². The Bertz CT molecular complexity index is 1050. The van der Waals surface area contributed by atoms with Crippen molar-refractivity contribution in [3.05, 3.63) is 76.2 Å². The third-order valence-electron chi connectivity index (χ3n) is 4.80. The van der Waals surface area contributed by atoms with E-state index in [0.717, 1.165) is 11.3 Å². The number of carbonyl (C=O) groups excluding carboxylic acids is 2. The number of nitrogens with one attached hydrogen (secondary N) is 1. The molecule has 0 radical (unpaired) electrons. The van der Waals surface area contributed by atoms with E-state index in [4.69, 9.17) is 16.1 Å². The first-order valence-electron chi connectivity index (χ1n) is 9.06. The number of hydrogen-bond donors (Lipinski definition) is 1. The lowest BCUT2D eigenvalue weighted by Gasteiger charge is -2.26. The van der Waals surface area contributed by atoms with Crippen LogP contribution in [0.25, 0.3) is 11.3 Å². The highest BCUT2D eigenvalue weighted by molar-refractivity contribution is 6.30. The third-order valence-corrected chi connectivity index (χ3v) is 5.05. The molecule has 0 aliphatic carbocycles. The van der Waals surface area contributed by atoms with Crippen molar-refractivity contribution in [3.63, 3.8) is 0 Å². The Morgan fingerprint density at radius 3 is 2.59 bits per heavy atom. The minimum absolute atomic E-state index is 0.117. The van der Waals surface area contributed by atoms with Crippen LogP contribution in [0.5, 0.6) is 0 Å². The SMILES string of the molecule is O=C(NCC(=O)N1CCc2noc(-c3ccc(F)cc3)c2C1)c1ccc(Cl)cc1. The van der Waals surface area contributed by atoms with Gasteiger partial charge < -0.3 is 14.7 Å². The molecule has 0 fully saturated rings. The molecule has 8 heteroatoms. The summed E-state index contributed by atoms with van der Waals surface area (Å²) >= 11 is 5.82. The lowest BCUT2D eigenvalue weighted by Crippen LogP contribution is -2.42. The van der Waals surface area contributed by atoms with Crippen LogP contribution < -0.4 is 5.32 Å². The first kappa shape index (κ1) is 19.1. The molecule has 6 nitrogen and oxygen atoms in total.